The molecule has 0 saturated carbocycles. The van der Waals surface area contributed by atoms with E-state index in [-0.39, 0.29) is 11.5 Å². The molecule has 1 aromatic rings. The lowest BCUT2D eigenvalue weighted by molar-refractivity contribution is -0.282. The van der Waals surface area contributed by atoms with Gasteiger partial charge in [-0.05, 0) is 62.7 Å². The second kappa shape index (κ2) is 14.4. The molecule has 0 aromatic heterocycles. The van der Waals surface area contributed by atoms with Gasteiger partial charge in [-0.15, -0.1) is 0 Å². The Morgan fingerprint density at radius 1 is 0.886 bits per heavy atom. The van der Waals surface area contributed by atoms with Crippen LogP contribution in [-0.2, 0) is 60.5 Å². The lowest BCUT2D eigenvalue weighted by atomic mass is 9.75. The van der Waals surface area contributed by atoms with Gasteiger partial charge in [0, 0.05) is 39.3 Å². The first kappa shape index (κ1) is 33.2. The standard InChI is InChI=1S/C31H41NO12/c1-7-12-32-13-8-9-21-14-22-20(15-23(21)32)10-11-24(39-16(2)33)25(22)43-31-29(42-19(5)36)27(41-18(4)35)26(40-17(3)34)28(44-31)30(37)38-6/h10-11,21,23,26-29,31H,7-9,12-15H2,1-6H3/t21-,23-,26+,27+,28+,29-,31-/m1/s1. The van der Waals surface area contributed by atoms with Crippen LogP contribution in [0.1, 0.15) is 65.0 Å². The molecular formula is C31H41NO12. The topological polar surface area (TPSA) is 153 Å². The number of piperidine rings is 1. The van der Waals surface area contributed by atoms with Gasteiger partial charge < -0.3 is 33.2 Å². The molecule has 2 fully saturated rings. The molecule has 2 heterocycles. The number of methoxy groups -OCH3 is 1. The summed E-state index contributed by atoms with van der Waals surface area (Å²) in [5.41, 5.74) is 1.80. The quantitative estimate of drug-likeness (QED) is 0.226. The van der Waals surface area contributed by atoms with Crippen molar-refractivity contribution in [2.24, 2.45) is 5.92 Å². The molecule has 3 aliphatic rings. The lowest BCUT2D eigenvalue weighted by Gasteiger charge is -2.46. The molecule has 4 rings (SSSR count). The van der Waals surface area contributed by atoms with Crippen molar-refractivity contribution in [2.75, 3.05) is 20.2 Å². The van der Waals surface area contributed by atoms with E-state index >= 15 is 0 Å². The number of esters is 5. The third-order valence-corrected chi connectivity index (χ3v) is 8.08. The van der Waals surface area contributed by atoms with Crippen LogP contribution >= 0.6 is 0 Å². The Kier molecular flexibility index (Phi) is 10.8. The highest BCUT2D eigenvalue weighted by Crippen LogP contribution is 2.44. The van der Waals surface area contributed by atoms with Crippen LogP contribution in [0.3, 0.4) is 0 Å². The van der Waals surface area contributed by atoms with E-state index in [0.717, 1.165) is 77.8 Å². The van der Waals surface area contributed by atoms with Gasteiger partial charge >= 0.3 is 29.8 Å². The van der Waals surface area contributed by atoms with E-state index in [2.05, 4.69) is 11.8 Å². The summed E-state index contributed by atoms with van der Waals surface area (Å²) in [6.45, 7) is 8.81. The summed E-state index contributed by atoms with van der Waals surface area (Å²) in [5, 5.41) is 0. The summed E-state index contributed by atoms with van der Waals surface area (Å²) < 4.78 is 39.2. The molecule has 0 unspecified atom stereocenters. The SMILES string of the molecule is CCCN1CCC[C@@H]2Cc3c(ccc(OC(C)=O)c3O[C@@H]3O[C@H](C(=O)OC)[C@@H](OC(C)=O)[C@H](OC(C)=O)[C@H]3OC(C)=O)C[C@H]21. The largest absolute Gasteiger partial charge is 0.467 e. The first-order valence-corrected chi connectivity index (χ1v) is 14.9. The zero-order valence-corrected chi connectivity index (χ0v) is 26.0. The number of likely N-dealkylation sites (tertiary alicyclic amines) is 1. The monoisotopic (exact) mass is 619 g/mol. The van der Waals surface area contributed by atoms with Crippen molar-refractivity contribution < 1.29 is 57.1 Å². The van der Waals surface area contributed by atoms with Gasteiger partial charge in [-0.2, -0.15) is 0 Å². The van der Waals surface area contributed by atoms with Gasteiger partial charge in [-0.3, -0.25) is 24.1 Å². The fourth-order valence-electron chi connectivity index (χ4n) is 6.52. The maximum atomic E-state index is 12.9. The molecule has 0 amide bonds. The summed E-state index contributed by atoms with van der Waals surface area (Å²) in [7, 11) is 1.11. The maximum absolute atomic E-state index is 12.9. The minimum atomic E-state index is -1.62. The van der Waals surface area contributed by atoms with E-state index in [1.165, 1.54) is 6.92 Å². The third kappa shape index (κ3) is 7.49. The Bertz CT molecular complexity index is 1260. The highest BCUT2D eigenvalue weighted by Gasteiger charge is 2.56. The van der Waals surface area contributed by atoms with Crippen molar-refractivity contribution >= 4 is 29.8 Å². The molecule has 1 aliphatic carbocycles. The van der Waals surface area contributed by atoms with Gasteiger partial charge in [-0.1, -0.05) is 13.0 Å². The summed E-state index contributed by atoms with van der Waals surface area (Å²) in [6.07, 6.45) is -3.22. The highest BCUT2D eigenvalue weighted by molar-refractivity contribution is 5.77. The molecule has 0 radical (unpaired) electrons. The van der Waals surface area contributed by atoms with Crippen molar-refractivity contribution in [1.82, 2.24) is 4.90 Å². The number of ether oxygens (including phenoxy) is 7. The van der Waals surface area contributed by atoms with Crippen LogP contribution in [0.5, 0.6) is 11.5 Å². The van der Waals surface area contributed by atoms with E-state index in [9.17, 15) is 24.0 Å². The highest BCUT2D eigenvalue weighted by atomic mass is 16.7. The van der Waals surface area contributed by atoms with Crippen LogP contribution in [0.4, 0.5) is 0 Å². The molecule has 2 aliphatic heterocycles. The Morgan fingerprint density at radius 3 is 2.16 bits per heavy atom. The van der Waals surface area contributed by atoms with Crippen molar-refractivity contribution in [3.05, 3.63) is 23.3 Å². The molecule has 13 heteroatoms. The zero-order valence-electron chi connectivity index (χ0n) is 26.0. The van der Waals surface area contributed by atoms with E-state index in [0.29, 0.717) is 18.4 Å². The molecule has 7 atom stereocenters. The molecule has 0 spiro atoms. The first-order chi connectivity index (χ1) is 20.9. The number of carbonyl (C=O) groups is 5. The molecular weight excluding hydrogens is 578 g/mol. The molecule has 0 N–H and O–H groups in total. The minimum absolute atomic E-state index is 0.113. The molecule has 242 valence electrons. The molecule has 44 heavy (non-hydrogen) atoms. The Morgan fingerprint density at radius 2 is 1.55 bits per heavy atom. The van der Waals surface area contributed by atoms with Crippen molar-refractivity contribution in [3.63, 3.8) is 0 Å². The van der Waals surface area contributed by atoms with Gasteiger partial charge in [0.2, 0.25) is 12.4 Å². The van der Waals surface area contributed by atoms with Gasteiger partial charge in [0.05, 0.1) is 7.11 Å². The summed E-state index contributed by atoms with van der Waals surface area (Å²) in [4.78, 5) is 64.0. The van der Waals surface area contributed by atoms with Crippen LogP contribution in [0.2, 0.25) is 0 Å². The normalized spacial score (nSPS) is 28.0. The van der Waals surface area contributed by atoms with Gasteiger partial charge in [-0.25, -0.2) is 4.79 Å². The Balaban J connectivity index is 1.80. The fraction of sp³-hybridized carbons (Fsp3) is 0.645. The third-order valence-electron chi connectivity index (χ3n) is 8.08. The predicted molar refractivity (Wildman–Crippen MR) is 152 cm³/mol. The van der Waals surface area contributed by atoms with Crippen LogP contribution in [0.25, 0.3) is 0 Å². The van der Waals surface area contributed by atoms with E-state index in [4.69, 9.17) is 33.2 Å². The van der Waals surface area contributed by atoms with Gasteiger partial charge in [0.1, 0.15) is 0 Å². The van der Waals surface area contributed by atoms with E-state index in [1.54, 1.807) is 6.07 Å². The zero-order chi connectivity index (χ0) is 32.1. The van der Waals surface area contributed by atoms with Crippen LogP contribution < -0.4 is 9.47 Å². The lowest BCUT2D eigenvalue weighted by Crippen LogP contribution is -2.64. The maximum Gasteiger partial charge on any atom is 0.339 e. The van der Waals surface area contributed by atoms with Crippen molar-refractivity contribution in [3.8, 4) is 11.5 Å². The van der Waals surface area contributed by atoms with Crippen LogP contribution in [-0.4, -0.2) is 91.7 Å². The van der Waals surface area contributed by atoms with Crippen LogP contribution in [0.15, 0.2) is 12.1 Å². The average Bonchev–Trinajstić information content (AvgIpc) is 2.95. The Labute approximate surface area is 256 Å². The Hall–Kier alpha value is -3.71. The fourth-order valence-corrected chi connectivity index (χ4v) is 6.52. The summed E-state index contributed by atoms with van der Waals surface area (Å²) in [5.74, 6) is -3.30. The molecule has 1 aromatic carbocycles. The number of hydrogen-bond acceptors (Lipinski definition) is 13. The van der Waals surface area contributed by atoms with Gasteiger partial charge in [0.15, 0.2) is 29.8 Å². The molecule has 2 saturated heterocycles. The number of benzene rings is 1. The van der Waals surface area contributed by atoms with Gasteiger partial charge in [0.25, 0.3) is 0 Å². The second-order valence-corrected chi connectivity index (χ2v) is 11.3. The van der Waals surface area contributed by atoms with E-state index in [1.807, 2.05) is 6.07 Å². The first-order valence-electron chi connectivity index (χ1n) is 14.9. The smallest absolute Gasteiger partial charge is 0.339 e. The number of nitrogens with zero attached hydrogens (tertiary/aromatic N) is 1. The van der Waals surface area contributed by atoms with Crippen molar-refractivity contribution in [2.45, 2.75) is 103 Å². The number of carbonyl (C=O) groups excluding carboxylic acids is 5. The number of hydrogen-bond donors (Lipinski definition) is 0. The number of rotatable bonds is 9. The summed E-state index contributed by atoms with van der Waals surface area (Å²) >= 11 is 0. The molecule has 13 nitrogen and oxygen atoms in total. The molecule has 0 bridgehead atoms. The van der Waals surface area contributed by atoms with Crippen molar-refractivity contribution in [1.29, 1.82) is 0 Å². The van der Waals surface area contributed by atoms with Crippen LogP contribution in [0, 0.1) is 5.92 Å². The second-order valence-electron chi connectivity index (χ2n) is 11.3. The predicted octanol–water partition coefficient (Wildman–Crippen LogP) is 2.27. The minimum Gasteiger partial charge on any atom is -0.467 e. The van der Waals surface area contributed by atoms with E-state index < -0.39 is 60.6 Å². The average molecular weight is 620 g/mol. The number of fused-ring (bicyclic) bond motifs is 2. The summed E-state index contributed by atoms with van der Waals surface area (Å²) in [6, 6.07) is 3.90.